The van der Waals surface area contributed by atoms with Crippen molar-refractivity contribution in [1.29, 1.82) is 0 Å². The summed E-state index contributed by atoms with van der Waals surface area (Å²) in [5.74, 6) is 1.01. The zero-order chi connectivity index (χ0) is 22.6. The zero-order valence-electron chi connectivity index (χ0n) is 17.4. The van der Waals surface area contributed by atoms with Crippen LogP contribution in [0.2, 0.25) is 0 Å². The number of nitrogens with zero attached hydrogens (tertiary/aromatic N) is 2. The zero-order valence-corrected chi connectivity index (χ0v) is 19.1. The molecule has 7 nitrogen and oxygen atoms in total. The molecule has 0 radical (unpaired) electrons. The maximum absolute atomic E-state index is 13.1. The summed E-state index contributed by atoms with van der Waals surface area (Å²) < 4.78 is 36.6. The van der Waals surface area contributed by atoms with Crippen LogP contribution in [0.4, 0.5) is 5.13 Å². The molecule has 0 atom stereocenters. The first-order valence-corrected chi connectivity index (χ1v) is 12.5. The monoisotopic (exact) mass is 470 g/mol. The van der Waals surface area contributed by atoms with E-state index in [-0.39, 0.29) is 35.9 Å². The number of thiazole rings is 1. The second kappa shape index (κ2) is 9.54. The Kier molecular flexibility index (Phi) is 6.57. The van der Waals surface area contributed by atoms with Gasteiger partial charge in [-0.05, 0) is 48.9 Å². The first-order valence-electron chi connectivity index (χ1n) is 10.0. The summed E-state index contributed by atoms with van der Waals surface area (Å²) in [7, 11) is -1.84. The van der Waals surface area contributed by atoms with Crippen molar-refractivity contribution in [2.24, 2.45) is 0 Å². The van der Waals surface area contributed by atoms with Crippen LogP contribution in [0, 0.1) is 0 Å². The molecule has 0 aliphatic carbocycles. The minimum Gasteiger partial charge on any atom is -0.497 e. The highest BCUT2D eigenvalue weighted by molar-refractivity contribution is 7.91. The molecule has 2 aromatic heterocycles. The first-order chi connectivity index (χ1) is 15.5. The summed E-state index contributed by atoms with van der Waals surface area (Å²) in [6.45, 7) is 0.216. The molecule has 0 aliphatic rings. The number of ether oxygens (including phenoxy) is 1. The molecule has 9 heteroatoms. The molecule has 1 amide bonds. The molecule has 0 saturated heterocycles. The normalized spacial score (nSPS) is 11.5. The molecule has 4 aromatic rings. The van der Waals surface area contributed by atoms with Crippen LogP contribution in [-0.4, -0.2) is 32.2 Å². The molecule has 166 valence electrons. The lowest BCUT2D eigenvalue weighted by Gasteiger charge is -2.18. The molecule has 0 unspecified atom stereocenters. The van der Waals surface area contributed by atoms with E-state index in [1.807, 2.05) is 18.2 Å². The number of anilines is 1. The molecule has 0 spiro atoms. The van der Waals surface area contributed by atoms with Gasteiger partial charge in [0.1, 0.15) is 11.5 Å². The van der Waals surface area contributed by atoms with E-state index in [0.29, 0.717) is 16.6 Å². The minimum absolute atomic E-state index is 0.0754. The molecular weight excluding hydrogens is 448 g/mol. The average Bonchev–Trinajstić information content (AvgIpc) is 3.46. The Morgan fingerprint density at radius 3 is 2.66 bits per heavy atom. The van der Waals surface area contributed by atoms with Crippen LogP contribution >= 0.6 is 11.3 Å². The Hall–Kier alpha value is -3.17. The number of sulfone groups is 1. The van der Waals surface area contributed by atoms with Crippen LogP contribution in [0.25, 0.3) is 10.2 Å². The highest BCUT2D eigenvalue weighted by Gasteiger charge is 2.22. The van der Waals surface area contributed by atoms with E-state index in [0.717, 1.165) is 10.2 Å². The predicted octanol–water partition coefficient (Wildman–Crippen LogP) is 4.69. The molecule has 0 bridgehead atoms. The third-order valence-electron chi connectivity index (χ3n) is 4.92. The van der Waals surface area contributed by atoms with E-state index < -0.39 is 9.84 Å². The van der Waals surface area contributed by atoms with Gasteiger partial charge in [-0.2, -0.15) is 0 Å². The van der Waals surface area contributed by atoms with Gasteiger partial charge < -0.3 is 9.15 Å². The minimum atomic E-state index is -3.44. The lowest BCUT2D eigenvalue weighted by molar-refractivity contribution is -0.118. The first kappa shape index (κ1) is 22.0. The Morgan fingerprint density at radius 1 is 1.12 bits per heavy atom. The number of amides is 1. The molecule has 2 heterocycles. The average molecular weight is 471 g/mol. The van der Waals surface area contributed by atoms with Gasteiger partial charge >= 0.3 is 0 Å². The van der Waals surface area contributed by atoms with Crippen LogP contribution in [0.1, 0.15) is 18.6 Å². The van der Waals surface area contributed by atoms with E-state index in [9.17, 15) is 13.2 Å². The topological polar surface area (TPSA) is 89.7 Å². The maximum Gasteiger partial charge on any atom is 0.229 e. The summed E-state index contributed by atoms with van der Waals surface area (Å²) in [4.78, 5) is 19.5. The Balaban J connectivity index is 1.52. The fourth-order valence-corrected chi connectivity index (χ4v) is 5.59. The number of furan rings is 1. The van der Waals surface area contributed by atoms with Crippen molar-refractivity contribution in [3.63, 3.8) is 0 Å². The summed E-state index contributed by atoms with van der Waals surface area (Å²) in [6.07, 6.45) is 1.84. The van der Waals surface area contributed by atoms with E-state index in [1.165, 1.54) is 11.3 Å². The largest absolute Gasteiger partial charge is 0.497 e. The Bertz CT molecular complexity index is 1300. The molecule has 4 rings (SSSR count). The van der Waals surface area contributed by atoms with Crippen LogP contribution in [0.3, 0.4) is 0 Å². The van der Waals surface area contributed by atoms with Crippen molar-refractivity contribution in [2.75, 3.05) is 17.8 Å². The summed E-state index contributed by atoms with van der Waals surface area (Å²) in [5, 5.41) is 0.528. The summed E-state index contributed by atoms with van der Waals surface area (Å²) >= 11 is 1.38. The van der Waals surface area contributed by atoms with Crippen LogP contribution in [-0.2, 0) is 21.2 Å². The van der Waals surface area contributed by atoms with E-state index in [4.69, 9.17) is 9.15 Å². The number of fused-ring (bicyclic) bond motifs is 1. The number of hydrogen-bond acceptors (Lipinski definition) is 7. The number of hydrogen-bond donors (Lipinski definition) is 0. The number of rotatable bonds is 9. The molecule has 2 aromatic carbocycles. The van der Waals surface area contributed by atoms with Gasteiger partial charge in [-0.3, -0.25) is 9.69 Å². The van der Waals surface area contributed by atoms with E-state index in [2.05, 4.69) is 4.98 Å². The number of carbonyl (C=O) groups is 1. The smallest absolute Gasteiger partial charge is 0.229 e. The third-order valence-corrected chi connectivity index (χ3v) is 7.77. The number of methoxy groups -OCH3 is 1. The van der Waals surface area contributed by atoms with Crippen molar-refractivity contribution in [3.05, 3.63) is 72.7 Å². The Labute approximate surface area is 190 Å². The Morgan fingerprint density at radius 2 is 1.94 bits per heavy atom. The van der Waals surface area contributed by atoms with Crippen molar-refractivity contribution >= 4 is 42.4 Å². The SMILES string of the molecule is COc1ccc2nc(N(Cc3ccco3)C(=O)CCCS(=O)(=O)c3ccccc3)sc2c1. The fourth-order valence-electron chi connectivity index (χ4n) is 3.25. The van der Waals surface area contributed by atoms with Crippen molar-refractivity contribution in [1.82, 2.24) is 4.98 Å². The molecule has 0 aliphatic heterocycles. The summed E-state index contributed by atoms with van der Waals surface area (Å²) in [6, 6.07) is 17.3. The number of aromatic nitrogens is 1. The van der Waals surface area contributed by atoms with Crippen LogP contribution in [0.5, 0.6) is 5.75 Å². The van der Waals surface area contributed by atoms with E-state index in [1.54, 1.807) is 60.7 Å². The van der Waals surface area contributed by atoms with Crippen molar-refractivity contribution < 1.29 is 22.4 Å². The van der Waals surface area contributed by atoms with Crippen LogP contribution < -0.4 is 9.64 Å². The third kappa shape index (κ3) is 5.00. The van der Waals surface area contributed by atoms with Crippen molar-refractivity contribution in [2.45, 2.75) is 24.3 Å². The molecule has 0 N–H and O–H groups in total. The van der Waals surface area contributed by atoms with Gasteiger partial charge in [-0.1, -0.05) is 29.5 Å². The predicted molar refractivity (Wildman–Crippen MR) is 124 cm³/mol. The van der Waals surface area contributed by atoms with Gasteiger partial charge in [0.15, 0.2) is 15.0 Å². The molecular formula is C23H22N2O5S2. The van der Waals surface area contributed by atoms with Gasteiger partial charge in [0.2, 0.25) is 5.91 Å². The molecule has 32 heavy (non-hydrogen) atoms. The highest BCUT2D eigenvalue weighted by Crippen LogP contribution is 2.32. The number of benzene rings is 2. The highest BCUT2D eigenvalue weighted by atomic mass is 32.2. The second-order valence-electron chi connectivity index (χ2n) is 7.12. The maximum atomic E-state index is 13.1. The lowest BCUT2D eigenvalue weighted by Crippen LogP contribution is -2.30. The van der Waals surface area contributed by atoms with Crippen LogP contribution in [0.15, 0.2) is 76.2 Å². The van der Waals surface area contributed by atoms with Gasteiger partial charge in [0.25, 0.3) is 0 Å². The quantitative estimate of drug-likeness (QED) is 0.353. The lowest BCUT2D eigenvalue weighted by atomic mass is 10.3. The second-order valence-corrected chi connectivity index (χ2v) is 10.2. The van der Waals surface area contributed by atoms with Crippen molar-refractivity contribution in [3.8, 4) is 5.75 Å². The fraction of sp³-hybridized carbons (Fsp3) is 0.217. The van der Waals surface area contributed by atoms with Gasteiger partial charge in [0.05, 0.1) is 40.8 Å². The summed E-state index contributed by atoms with van der Waals surface area (Å²) in [5.41, 5.74) is 0.759. The number of carbonyl (C=O) groups excluding carboxylic acids is 1. The van der Waals surface area contributed by atoms with Gasteiger partial charge in [0, 0.05) is 6.42 Å². The van der Waals surface area contributed by atoms with Gasteiger partial charge in [-0.25, -0.2) is 13.4 Å². The van der Waals surface area contributed by atoms with Gasteiger partial charge in [-0.15, -0.1) is 0 Å². The molecule has 0 saturated carbocycles. The molecule has 0 fully saturated rings. The van der Waals surface area contributed by atoms with E-state index >= 15 is 0 Å². The standard InChI is InChI=1S/C23H22N2O5S2/c1-29-17-11-12-20-21(15-17)31-23(24-20)25(16-18-7-5-13-30-18)22(26)10-6-14-32(27,28)19-8-3-2-4-9-19/h2-5,7-9,11-13,15H,6,10,14,16H2,1H3.